The van der Waals surface area contributed by atoms with Gasteiger partial charge < -0.3 is 4.74 Å². The van der Waals surface area contributed by atoms with Gasteiger partial charge in [0, 0.05) is 0 Å². The van der Waals surface area contributed by atoms with Gasteiger partial charge in [-0.1, -0.05) is 126 Å². The Balaban J connectivity index is 1.24. The summed E-state index contributed by atoms with van der Waals surface area (Å²) >= 11 is 0. The molecule has 52 heavy (non-hydrogen) atoms. The zero-order valence-electron chi connectivity index (χ0n) is 32.0. The molecule has 1 heterocycles. The fourth-order valence-electron chi connectivity index (χ4n) is 8.97. The van der Waals surface area contributed by atoms with Crippen molar-refractivity contribution >= 4 is 17.8 Å². The summed E-state index contributed by atoms with van der Waals surface area (Å²) in [6.45, 7) is 0.240. The van der Waals surface area contributed by atoms with E-state index in [-0.39, 0.29) is 43.4 Å². The first kappa shape index (κ1) is 38.4. The molecule has 1 aromatic rings. The summed E-state index contributed by atoms with van der Waals surface area (Å²) in [5.74, 6) is 0.974. The van der Waals surface area contributed by atoms with Crippen LogP contribution in [0.4, 0.5) is 17.8 Å². The van der Waals surface area contributed by atoms with Crippen molar-refractivity contribution in [3.63, 3.8) is 0 Å². The van der Waals surface area contributed by atoms with Crippen LogP contribution in [0.2, 0.25) is 0 Å². The van der Waals surface area contributed by atoms with E-state index in [1.165, 1.54) is 61.8 Å². The second-order valence-electron chi connectivity index (χ2n) is 16.5. The zero-order valence-corrected chi connectivity index (χ0v) is 32.0. The number of hydroxylamine groups is 1. The predicted molar refractivity (Wildman–Crippen MR) is 200 cm³/mol. The van der Waals surface area contributed by atoms with Gasteiger partial charge >= 0.3 is 0 Å². The SMILES string of the molecule is C1CCC(OCN(OC2CCCCC2)c2nc(N(OC3CCCCC3)OC3CCCCC3)nc(N(OC3CCCCC3)OC3CCCCC3)n2)CC1. The number of hydrogen-bond donors (Lipinski definition) is 0. The fourth-order valence-corrected chi connectivity index (χ4v) is 8.97. The molecule has 0 aromatic carbocycles. The molecule has 0 amide bonds. The van der Waals surface area contributed by atoms with Crippen LogP contribution in [0.15, 0.2) is 0 Å². The van der Waals surface area contributed by atoms with Gasteiger partial charge in [0.25, 0.3) is 17.8 Å². The van der Waals surface area contributed by atoms with E-state index in [0.717, 1.165) is 141 Å². The van der Waals surface area contributed by atoms with E-state index in [4.69, 9.17) is 43.9 Å². The Kier molecular flexibility index (Phi) is 15.3. The van der Waals surface area contributed by atoms with Crippen molar-refractivity contribution in [3.8, 4) is 0 Å². The Hall–Kier alpha value is -1.83. The van der Waals surface area contributed by atoms with E-state index in [1.54, 1.807) is 5.06 Å². The average molecular weight is 729 g/mol. The van der Waals surface area contributed by atoms with Crippen LogP contribution in [0, 0.1) is 0 Å². The lowest BCUT2D eigenvalue weighted by atomic mass is 9.98. The first-order valence-corrected chi connectivity index (χ1v) is 21.8. The standard InChI is InChI=1S/C40H68N6O6/c1-7-19-32(20-8-1)47-31-44(48-33-21-9-2-10-22-33)38-41-39(45(49-34-23-11-3-12-24-34)50-35-25-13-4-14-26-35)43-40(42-38)46(51-36-27-15-5-16-28-36)52-37-29-17-6-18-30-37/h32-37H,1-31H2. The number of nitrogens with zero attached hydrogens (tertiary/aromatic N) is 6. The highest BCUT2D eigenvalue weighted by Crippen LogP contribution is 2.33. The van der Waals surface area contributed by atoms with Crippen LogP contribution < -0.4 is 15.5 Å². The Labute approximate surface area is 312 Å². The molecule has 0 saturated heterocycles. The quantitative estimate of drug-likeness (QED) is 0.120. The van der Waals surface area contributed by atoms with Crippen LogP contribution >= 0.6 is 0 Å². The summed E-state index contributed by atoms with van der Waals surface area (Å²) in [5, 5.41) is 4.83. The highest BCUT2D eigenvalue weighted by Gasteiger charge is 2.33. The molecule has 12 heteroatoms. The summed E-state index contributed by atoms with van der Waals surface area (Å²) in [5.41, 5.74) is 0. The van der Waals surface area contributed by atoms with Gasteiger partial charge in [-0.15, -0.1) is 0 Å². The van der Waals surface area contributed by atoms with Crippen LogP contribution in [-0.2, 0) is 28.9 Å². The molecule has 6 aliphatic rings. The van der Waals surface area contributed by atoms with Crippen molar-refractivity contribution in [2.45, 2.75) is 229 Å². The van der Waals surface area contributed by atoms with Crippen molar-refractivity contribution in [2.75, 3.05) is 22.2 Å². The van der Waals surface area contributed by atoms with E-state index in [2.05, 4.69) is 0 Å². The Morgan fingerprint density at radius 3 is 0.923 bits per heavy atom. The minimum Gasteiger partial charge on any atom is -0.355 e. The van der Waals surface area contributed by atoms with Crippen molar-refractivity contribution in [1.29, 1.82) is 0 Å². The maximum atomic E-state index is 6.79. The molecule has 12 nitrogen and oxygen atoms in total. The minimum atomic E-state index is 0.0401. The highest BCUT2D eigenvalue weighted by atomic mass is 17.0. The topological polar surface area (TPSA) is 104 Å². The van der Waals surface area contributed by atoms with Crippen LogP contribution in [0.1, 0.15) is 193 Å². The van der Waals surface area contributed by atoms with Crippen molar-refractivity contribution < 1.29 is 28.9 Å². The predicted octanol–water partition coefficient (Wildman–Crippen LogP) is 9.92. The van der Waals surface area contributed by atoms with E-state index in [0.29, 0.717) is 17.8 Å². The average Bonchev–Trinajstić information content (AvgIpc) is 3.21. The number of rotatable bonds is 16. The van der Waals surface area contributed by atoms with Gasteiger partial charge in [-0.25, -0.2) is 19.4 Å². The summed E-state index contributed by atoms with van der Waals surface area (Å²) in [7, 11) is 0. The van der Waals surface area contributed by atoms with Gasteiger partial charge in [0.1, 0.15) is 6.73 Å². The molecule has 0 atom stereocenters. The number of anilines is 3. The lowest BCUT2D eigenvalue weighted by Gasteiger charge is -2.35. The molecule has 1 aromatic heterocycles. The van der Waals surface area contributed by atoms with Crippen molar-refractivity contribution in [1.82, 2.24) is 15.0 Å². The Morgan fingerprint density at radius 1 is 0.327 bits per heavy atom. The van der Waals surface area contributed by atoms with Gasteiger partial charge in [0.15, 0.2) is 0 Å². The second-order valence-corrected chi connectivity index (χ2v) is 16.5. The van der Waals surface area contributed by atoms with Gasteiger partial charge in [-0.2, -0.15) is 20.0 Å². The van der Waals surface area contributed by atoms with Gasteiger partial charge in [-0.3, -0.25) is 4.84 Å². The summed E-state index contributed by atoms with van der Waals surface area (Å²) in [6.07, 6.45) is 33.9. The number of aromatic nitrogens is 3. The molecule has 6 saturated carbocycles. The zero-order chi connectivity index (χ0) is 35.2. The Bertz CT molecular complexity index is 1050. The molecule has 6 fully saturated rings. The summed E-state index contributed by atoms with van der Waals surface area (Å²) in [6, 6.07) is 0. The van der Waals surface area contributed by atoms with Crippen LogP contribution in [0.25, 0.3) is 0 Å². The van der Waals surface area contributed by atoms with Gasteiger partial charge in [0.2, 0.25) is 0 Å². The van der Waals surface area contributed by atoms with E-state index >= 15 is 0 Å². The third-order valence-electron chi connectivity index (χ3n) is 12.1. The molecule has 6 aliphatic carbocycles. The maximum absolute atomic E-state index is 6.79. The normalized spacial score (nSPS) is 24.2. The van der Waals surface area contributed by atoms with E-state index in [9.17, 15) is 0 Å². The molecule has 0 radical (unpaired) electrons. The largest absolute Gasteiger partial charge is 0.355 e. The maximum Gasteiger partial charge on any atom is 0.284 e. The molecule has 0 N–H and O–H groups in total. The van der Waals surface area contributed by atoms with Gasteiger partial charge in [-0.05, 0) is 77.0 Å². The molecular formula is C40H68N6O6. The molecule has 0 spiro atoms. The second kappa shape index (κ2) is 20.7. The number of hydrogen-bond acceptors (Lipinski definition) is 12. The van der Waals surface area contributed by atoms with Crippen LogP contribution in [-0.4, -0.2) is 58.3 Å². The smallest absolute Gasteiger partial charge is 0.284 e. The fraction of sp³-hybridized carbons (Fsp3) is 0.925. The first-order valence-electron chi connectivity index (χ1n) is 21.8. The first-order chi connectivity index (χ1) is 25.7. The lowest BCUT2D eigenvalue weighted by molar-refractivity contribution is -0.166. The van der Waals surface area contributed by atoms with Crippen molar-refractivity contribution in [3.05, 3.63) is 0 Å². The van der Waals surface area contributed by atoms with E-state index in [1.807, 2.05) is 0 Å². The van der Waals surface area contributed by atoms with Crippen molar-refractivity contribution in [2.24, 2.45) is 0 Å². The van der Waals surface area contributed by atoms with Gasteiger partial charge in [0.05, 0.1) is 36.6 Å². The highest BCUT2D eigenvalue weighted by molar-refractivity contribution is 5.41. The molecule has 0 bridgehead atoms. The lowest BCUT2D eigenvalue weighted by Crippen LogP contribution is -2.40. The summed E-state index contributed by atoms with van der Waals surface area (Å²) < 4.78 is 6.58. The third kappa shape index (κ3) is 11.8. The molecule has 294 valence electrons. The molecule has 0 unspecified atom stereocenters. The van der Waals surface area contributed by atoms with Crippen LogP contribution in [0.5, 0.6) is 0 Å². The van der Waals surface area contributed by atoms with E-state index < -0.39 is 0 Å². The minimum absolute atomic E-state index is 0.0401. The Morgan fingerprint density at radius 2 is 0.596 bits per heavy atom. The molecule has 7 rings (SSSR count). The van der Waals surface area contributed by atoms with Crippen LogP contribution in [0.3, 0.4) is 0 Å². The monoisotopic (exact) mass is 729 g/mol. The molecular weight excluding hydrogens is 660 g/mol. The third-order valence-corrected chi connectivity index (χ3v) is 12.1. The molecule has 0 aliphatic heterocycles. The number of ether oxygens (including phenoxy) is 1. The summed E-state index contributed by atoms with van der Waals surface area (Å²) in [4.78, 5) is 49.0.